The fraction of sp³-hybridized carbons (Fsp3) is 0.538. The summed E-state index contributed by atoms with van der Waals surface area (Å²) in [4.78, 5) is 24.7. The first-order valence-electron chi connectivity index (χ1n) is 5.92. The van der Waals surface area contributed by atoms with E-state index in [0.717, 1.165) is 10.4 Å². The number of carbonyl (C=O) groups excluding carboxylic acids is 1. The second kappa shape index (κ2) is 6.00. The molecule has 0 radical (unpaired) electrons. The summed E-state index contributed by atoms with van der Waals surface area (Å²) < 4.78 is 0. The van der Waals surface area contributed by atoms with Gasteiger partial charge in [-0.3, -0.25) is 4.79 Å². The van der Waals surface area contributed by atoms with Gasteiger partial charge in [0.05, 0.1) is 4.88 Å². The smallest absolute Gasteiger partial charge is 0.326 e. The first-order chi connectivity index (χ1) is 8.31. The highest BCUT2D eigenvalue weighted by atomic mass is 32.1. The van der Waals surface area contributed by atoms with Crippen LogP contribution >= 0.6 is 11.3 Å². The number of hydrogen-bond acceptors (Lipinski definition) is 3. The molecule has 0 aliphatic rings. The molecule has 1 rings (SSSR count). The second-order valence-electron chi connectivity index (χ2n) is 4.84. The molecule has 0 aromatic carbocycles. The van der Waals surface area contributed by atoms with Crippen LogP contribution in [0.5, 0.6) is 0 Å². The highest BCUT2D eigenvalue weighted by Gasteiger charge is 2.22. The molecule has 0 bridgehead atoms. The van der Waals surface area contributed by atoms with Gasteiger partial charge in [-0.1, -0.05) is 13.8 Å². The van der Waals surface area contributed by atoms with E-state index in [4.69, 9.17) is 5.11 Å². The zero-order valence-corrected chi connectivity index (χ0v) is 11.9. The van der Waals surface area contributed by atoms with E-state index in [2.05, 4.69) is 5.32 Å². The van der Waals surface area contributed by atoms with Gasteiger partial charge >= 0.3 is 5.97 Å². The molecule has 5 heteroatoms. The Bertz CT molecular complexity index is 432. The summed E-state index contributed by atoms with van der Waals surface area (Å²) >= 11 is 1.39. The van der Waals surface area contributed by atoms with Crippen molar-refractivity contribution >= 4 is 23.2 Å². The maximum Gasteiger partial charge on any atom is 0.326 e. The van der Waals surface area contributed by atoms with Crippen LogP contribution in [0, 0.1) is 19.8 Å². The van der Waals surface area contributed by atoms with Crippen LogP contribution in [0.1, 0.15) is 40.4 Å². The number of carboxylic acids is 1. The van der Waals surface area contributed by atoms with Gasteiger partial charge in [-0.25, -0.2) is 4.79 Å². The van der Waals surface area contributed by atoms with Crippen molar-refractivity contribution in [1.29, 1.82) is 0 Å². The van der Waals surface area contributed by atoms with Crippen molar-refractivity contribution < 1.29 is 14.7 Å². The Kier molecular flexibility index (Phi) is 4.90. The van der Waals surface area contributed by atoms with E-state index in [0.29, 0.717) is 11.3 Å². The van der Waals surface area contributed by atoms with Gasteiger partial charge in [-0.2, -0.15) is 0 Å². The van der Waals surface area contributed by atoms with E-state index < -0.39 is 12.0 Å². The van der Waals surface area contributed by atoms with Gasteiger partial charge in [0.25, 0.3) is 5.91 Å². The maximum atomic E-state index is 11.9. The third kappa shape index (κ3) is 3.84. The predicted octanol–water partition coefficient (Wildman–Crippen LogP) is 2.59. The molecule has 100 valence electrons. The van der Waals surface area contributed by atoms with E-state index in [9.17, 15) is 9.59 Å². The standard InChI is InChI=1S/C13H19NO3S/c1-7(2)5-10(13(16)17)14-12(15)11-6-8(3)9(4)18-11/h6-7,10H,5H2,1-4H3,(H,14,15)(H,16,17). The molecular formula is C13H19NO3S. The summed E-state index contributed by atoms with van der Waals surface area (Å²) in [5.74, 6) is -1.07. The number of hydrogen-bond donors (Lipinski definition) is 2. The average Bonchev–Trinajstić information content (AvgIpc) is 2.57. The minimum Gasteiger partial charge on any atom is -0.480 e. The number of carboxylic acid groups (broad SMARTS) is 1. The van der Waals surface area contributed by atoms with Gasteiger partial charge in [0, 0.05) is 4.88 Å². The molecule has 4 nitrogen and oxygen atoms in total. The number of nitrogens with one attached hydrogen (secondary N) is 1. The molecule has 18 heavy (non-hydrogen) atoms. The molecule has 1 heterocycles. The van der Waals surface area contributed by atoms with Crippen LogP contribution in [-0.2, 0) is 4.79 Å². The minimum atomic E-state index is -0.984. The molecule has 1 aromatic heterocycles. The molecule has 0 spiro atoms. The minimum absolute atomic E-state index is 0.221. The Hall–Kier alpha value is -1.36. The van der Waals surface area contributed by atoms with Gasteiger partial charge in [0.2, 0.25) is 0 Å². The van der Waals surface area contributed by atoms with Crippen molar-refractivity contribution in [2.75, 3.05) is 0 Å². The average molecular weight is 269 g/mol. The highest BCUT2D eigenvalue weighted by Crippen LogP contribution is 2.20. The van der Waals surface area contributed by atoms with Crippen LogP contribution in [0.3, 0.4) is 0 Å². The van der Waals surface area contributed by atoms with Gasteiger partial charge in [0.1, 0.15) is 6.04 Å². The summed E-state index contributed by atoms with van der Waals surface area (Å²) in [6.45, 7) is 7.74. The van der Waals surface area contributed by atoms with E-state index in [1.807, 2.05) is 27.7 Å². The molecule has 0 aliphatic carbocycles. The van der Waals surface area contributed by atoms with Crippen LogP contribution in [0.4, 0.5) is 0 Å². The van der Waals surface area contributed by atoms with Gasteiger partial charge < -0.3 is 10.4 Å². The lowest BCUT2D eigenvalue weighted by molar-refractivity contribution is -0.139. The number of rotatable bonds is 5. The lowest BCUT2D eigenvalue weighted by Crippen LogP contribution is -2.41. The molecule has 1 unspecified atom stereocenters. The fourth-order valence-electron chi connectivity index (χ4n) is 1.61. The summed E-state index contributed by atoms with van der Waals surface area (Å²) in [6, 6.07) is 0.976. The fourth-order valence-corrected chi connectivity index (χ4v) is 2.54. The lowest BCUT2D eigenvalue weighted by atomic mass is 10.0. The van der Waals surface area contributed by atoms with Gasteiger partial charge in [-0.15, -0.1) is 11.3 Å². The zero-order valence-electron chi connectivity index (χ0n) is 11.1. The van der Waals surface area contributed by atoms with Gasteiger partial charge in [-0.05, 0) is 37.8 Å². The first kappa shape index (κ1) is 14.7. The van der Waals surface area contributed by atoms with Crippen LogP contribution in [0.25, 0.3) is 0 Å². The second-order valence-corrected chi connectivity index (χ2v) is 6.10. The summed E-state index contributed by atoms with van der Waals surface area (Å²) in [5, 5.41) is 11.6. The molecule has 1 aromatic rings. The Morgan fingerprint density at radius 3 is 2.39 bits per heavy atom. The van der Waals surface area contributed by atoms with Crippen molar-refractivity contribution in [2.24, 2.45) is 5.92 Å². The number of aryl methyl sites for hydroxylation is 2. The number of thiophene rings is 1. The topological polar surface area (TPSA) is 66.4 Å². The van der Waals surface area contributed by atoms with E-state index in [1.54, 1.807) is 6.07 Å². The normalized spacial score (nSPS) is 12.5. The third-order valence-electron chi connectivity index (χ3n) is 2.70. The molecule has 1 atom stereocenters. The van der Waals surface area contributed by atoms with Crippen molar-refractivity contribution in [1.82, 2.24) is 5.32 Å². The van der Waals surface area contributed by atoms with Crippen LogP contribution in [0.15, 0.2) is 6.07 Å². The molecule has 0 fully saturated rings. The van der Waals surface area contributed by atoms with Crippen LogP contribution in [-0.4, -0.2) is 23.0 Å². The molecule has 0 saturated heterocycles. The lowest BCUT2D eigenvalue weighted by Gasteiger charge is -2.15. The summed E-state index contributed by atoms with van der Waals surface area (Å²) in [7, 11) is 0. The van der Waals surface area contributed by atoms with Crippen molar-refractivity contribution in [3.05, 3.63) is 21.4 Å². The number of carbonyl (C=O) groups is 2. The largest absolute Gasteiger partial charge is 0.480 e. The molecule has 2 N–H and O–H groups in total. The summed E-state index contributed by atoms with van der Waals surface area (Å²) in [6.07, 6.45) is 0.435. The summed E-state index contributed by atoms with van der Waals surface area (Å²) in [5.41, 5.74) is 1.06. The maximum absolute atomic E-state index is 11.9. The van der Waals surface area contributed by atoms with Crippen LogP contribution < -0.4 is 5.32 Å². The Morgan fingerprint density at radius 1 is 1.39 bits per heavy atom. The Morgan fingerprint density at radius 2 is 2.00 bits per heavy atom. The molecule has 0 saturated carbocycles. The van der Waals surface area contributed by atoms with Crippen LogP contribution in [0.2, 0.25) is 0 Å². The zero-order chi connectivity index (χ0) is 13.9. The quantitative estimate of drug-likeness (QED) is 0.863. The third-order valence-corrected chi connectivity index (χ3v) is 3.85. The number of amides is 1. The SMILES string of the molecule is Cc1cc(C(=O)NC(CC(C)C)C(=O)O)sc1C. The first-order valence-corrected chi connectivity index (χ1v) is 6.73. The molecule has 1 amide bonds. The van der Waals surface area contributed by atoms with Gasteiger partial charge in [0.15, 0.2) is 0 Å². The van der Waals surface area contributed by atoms with Crippen molar-refractivity contribution in [3.63, 3.8) is 0 Å². The predicted molar refractivity (Wildman–Crippen MR) is 72.1 cm³/mol. The van der Waals surface area contributed by atoms with E-state index in [1.165, 1.54) is 11.3 Å². The Labute approximate surface area is 111 Å². The van der Waals surface area contributed by atoms with Crippen molar-refractivity contribution in [2.45, 2.75) is 40.2 Å². The van der Waals surface area contributed by atoms with Crippen molar-refractivity contribution in [3.8, 4) is 0 Å². The molecular weight excluding hydrogens is 250 g/mol. The van der Waals surface area contributed by atoms with E-state index >= 15 is 0 Å². The Balaban J connectivity index is 2.75. The van der Waals surface area contributed by atoms with E-state index in [-0.39, 0.29) is 11.8 Å². The number of aliphatic carboxylic acids is 1. The monoisotopic (exact) mass is 269 g/mol. The highest BCUT2D eigenvalue weighted by molar-refractivity contribution is 7.14. The molecule has 0 aliphatic heterocycles.